The Kier molecular flexibility index (Phi) is 5.53. The maximum absolute atomic E-state index is 12.2. The highest BCUT2D eigenvalue weighted by atomic mass is 19.4. The molecule has 0 aliphatic carbocycles. The van der Waals surface area contributed by atoms with Crippen LogP contribution in [0.5, 0.6) is 5.75 Å². The van der Waals surface area contributed by atoms with Gasteiger partial charge in [-0.05, 0) is 56.6 Å². The van der Waals surface area contributed by atoms with Crippen LogP contribution in [0, 0.1) is 11.3 Å². The van der Waals surface area contributed by atoms with Crippen LogP contribution >= 0.6 is 0 Å². The van der Waals surface area contributed by atoms with Gasteiger partial charge in [0.15, 0.2) is 0 Å². The number of likely N-dealkylation sites (tertiary alicyclic amines) is 1. The fourth-order valence-corrected chi connectivity index (χ4v) is 2.98. The Bertz CT molecular complexity index is 540. The number of piperidine rings is 1. The molecule has 1 aromatic rings. The summed E-state index contributed by atoms with van der Waals surface area (Å²) in [6.45, 7) is 4.87. The number of alkyl halides is 3. The monoisotopic (exact) mass is 326 g/mol. The van der Waals surface area contributed by atoms with E-state index in [2.05, 4.69) is 22.6 Å². The third kappa shape index (κ3) is 4.61. The smallest absolute Gasteiger partial charge is 0.406 e. The molecule has 23 heavy (non-hydrogen) atoms. The highest BCUT2D eigenvalue weighted by molar-refractivity contribution is 5.37. The van der Waals surface area contributed by atoms with Crippen molar-refractivity contribution in [1.29, 1.82) is 5.26 Å². The second-order valence-corrected chi connectivity index (χ2v) is 5.96. The summed E-state index contributed by atoms with van der Waals surface area (Å²) in [5, 5.41) is 9.63. The number of hydrogen-bond acceptors (Lipinski definition) is 3. The molecule has 3 nitrogen and oxygen atoms in total. The van der Waals surface area contributed by atoms with E-state index in [4.69, 9.17) is 0 Å². The Morgan fingerprint density at radius 2 is 1.83 bits per heavy atom. The lowest BCUT2D eigenvalue weighted by Crippen LogP contribution is -2.42. The lowest BCUT2D eigenvalue weighted by Gasteiger charge is -2.37. The predicted octanol–water partition coefficient (Wildman–Crippen LogP) is 4.24. The molecule has 1 aliphatic rings. The molecule has 0 saturated carbocycles. The normalized spacial score (nSPS) is 18.4. The quantitative estimate of drug-likeness (QED) is 0.812. The number of nitriles is 1. The van der Waals surface area contributed by atoms with E-state index in [1.807, 2.05) is 0 Å². The fourth-order valence-electron chi connectivity index (χ4n) is 2.98. The number of benzene rings is 1. The van der Waals surface area contributed by atoms with Crippen LogP contribution in [0.4, 0.5) is 13.2 Å². The van der Waals surface area contributed by atoms with Gasteiger partial charge in [0, 0.05) is 0 Å². The second kappa shape index (κ2) is 7.22. The number of rotatable bonds is 5. The molecule has 0 amide bonds. The van der Waals surface area contributed by atoms with Crippen LogP contribution < -0.4 is 4.74 Å². The average Bonchev–Trinajstić information content (AvgIpc) is 2.53. The van der Waals surface area contributed by atoms with E-state index in [0.717, 1.165) is 38.0 Å². The van der Waals surface area contributed by atoms with Crippen molar-refractivity contribution in [2.45, 2.75) is 44.4 Å². The van der Waals surface area contributed by atoms with Gasteiger partial charge in [0.2, 0.25) is 0 Å². The largest absolute Gasteiger partial charge is 0.573 e. The highest BCUT2D eigenvalue weighted by Gasteiger charge is 2.37. The van der Waals surface area contributed by atoms with Gasteiger partial charge < -0.3 is 9.64 Å². The summed E-state index contributed by atoms with van der Waals surface area (Å²) < 4.78 is 40.5. The lowest BCUT2D eigenvalue weighted by atomic mass is 9.74. The highest BCUT2D eigenvalue weighted by Crippen LogP contribution is 2.36. The second-order valence-electron chi connectivity index (χ2n) is 5.96. The average molecular weight is 326 g/mol. The molecule has 0 aromatic heterocycles. The topological polar surface area (TPSA) is 36.3 Å². The van der Waals surface area contributed by atoms with Gasteiger partial charge in [-0.1, -0.05) is 25.5 Å². The van der Waals surface area contributed by atoms with E-state index in [9.17, 15) is 18.4 Å². The Morgan fingerprint density at radius 3 is 2.30 bits per heavy atom. The van der Waals surface area contributed by atoms with Crippen molar-refractivity contribution in [3.63, 3.8) is 0 Å². The van der Waals surface area contributed by atoms with E-state index < -0.39 is 11.8 Å². The first-order valence-electron chi connectivity index (χ1n) is 7.88. The number of hydrogen-bond donors (Lipinski definition) is 0. The standard InChI is InChI=1S/C17H21F3N2O/c1-2-3-10-22-11-8-16(13-21,9-12-22)14-4-6-15(7-5-14)23-17(18,19)20/h4-7H,2-3,8-12H2,1H3. The molecule has 0 atom stereocenters. The Labute approximate surface area is 134 Å². The number of halogens is 3. The van der Waals surface area contributed by atoms with Crippen LogP contribution in [0.1, 0.15) is 38.2 Å². The first-order chi connectivity index (χ1) is 10.9. The SMILES string of the molecule is CCCCN1CCC(C#N)(c2ccc(OC(F)(F)F)cc2)CC1. The van der Waals surface area contributed by atoms with E-state index in [0.29, 0.717) is 12.8 Å². The van der Waals surface area contributed by atoms with Crippen LogP contribution in [0.3, 0.4) is 0 Å². The van der Waals surface area contributed by atoms with E-state index in [1.54, 1.807) is 12.1 Å². The number of ether oxygens (including phenoxy) is 1. The maximum Gasteiger partial charge on any atom is 0.573 e. The molecule has 126 valence electrons. The van der Waals surface area contributed by atoms with Crippen molar-refractivity contribution in [3.05, 3.63) is 29.8 Å². The van der Waals surface area contributed by atoms with Crippen molar-refractivity contribution in [2.75, 3.05) is 19.6 Å². The molecule has 1 saturated heterocycles. The zero-order valence-corrected chi connectivity index (χ0v) is 13.2. The summed E-state index contributed by atoms with van der Waals surface area (Å²) in [5.74, 6) is -0.255. The molecule has 6 heteroatoms. The molecule has 0 spiro atoms. The lowest BCUT2D eigenvalue weighted by molar-refractivity contribution is -0.274. The maximum atomic E-state index is 12.2. The predicted molar refractivity (Wildman–Crippen MR) is 81.0 cm³/mol. The van der Waals surface area contributed by atoms with Crippen LogP contribution in [0.25, 0.3) is 0 Å². The fraction of sp³-hybridized carbons (Fsp3) is 0.588. The molecule has 0 unspecified atom stereocenters. The zero-order chi connectivity index (χ0) is 16.9. The van der Waals surface area contributed by atoms with Crippen molar-refractivity contribution in [2.24, 2.45) is 0 Å². The van der Waals surface area contributed by atoms with Gasteiger partial charge in [-0.15, -0.1) is 13.2 Å². The molecular formula is C17H21F3N2O. The van der Waals surface area contributed by atoms with Crippen LogP contribution in [-0.4, -0.2) is 30.9 Å². The first kappa shape index (κ1) is 17.6. The minimum Gasteiger partial charge on any atom is -0.406 e. The van der Waals surface area contributed by atoms with Crippen molar-refractivity contribution >= 4 is 0 Å². The molecule has 1 fully saturated rings. The van der Waals surface area contributed by atoms with Gasteiger partial charge in [-0.3, -0.25) is 0 Å². The van der Waals surface area contributed by atoms with Crippen molar-refractivity contribution < 1.29 is 17.9 Å². The van der Waals surface area contributed by atoms with Crippen LogP contribution in [0.2, 0.25) is 0 Å². The molecule has 2 rings (SSSR count). The summed E-state index contributed by atoms with van der Waals surface area (Å²) in [6, 6.07) is 8.11. The molecule has 1 heterocycles. The number of unbranched alkanes of at least 4 members (excludes halogenated alkanes) is 1. The zero-order valence-electron chi connectivity index (χ0n) is 13.2. The summed E-state index contributed by atoms with van der Waals surface area (Å²) in [5.41, 5.74) is 0.157. The van der Waals surface area contributed by atoms with Gasteiger partial charge in [0.1, 0.15) is 5.75 Å². The Hall–Kier alpha value is -1.74. The third-order valence-electron chi connectivity index (χ3n) is 4.39. The van der Waals surface area contributed by atoms with Crippen molar-refractivity contribution in [3.8, 4) is 11.8 Å². The first-order valence-corrected chi connectivity index (χ1v) is 7.88. The van der Waals surface area contributed by atoms with Crippen molar-refractivity contribution in [1.82, 2.24) is 4.90 Å². The Morgan fingerprint density at radius 1 is 1.22 bits per heavy atom. The molecule has 0 radical (unpaired) electrons. The van der Waals surface area contributed by atoms with E-state index >= 15 is 0 Å². The third-order valence-corrected chi connectivity index (χ3v) is 4.39. The van der Waals surface area contributed by atoms with Gasteiger partial charge >= 0.3 is 6.36 Å². The van der Waals surface area contributed by atoms with Crippen LogP contribution in [-0.2, 0) is 5.41 Å². The summed E-state index contributed by atoms with van der Waals surface area (Å²) in [4.78, 5) is 2.35. The molecule has 0 bridgehead atoms. The number of nitrogens with zero attached hydrogens (tertiary/aromatic N) is 2. The minimum atomic E-state index is -4.70. The van der Waals surface area contributed by atoms with E-state index in [-0.39, 0.29) is 5.75 Å². The van der Waals surface area contributed by atoms with Gasteiger partial charge in [-0.25, -0.2) is 0 Å². The summed E-state index contributed by atoms with van der Waals surface area (Å²) in [7, 11) is 0. The molecule has 1 aromatic carbocycles. The summed E-state index contributed by atoms with van der Waals surface area (Å²) >= 11 is 0. The van der Waals surface area contributed by atoms with E-state index in [1.165, 1.54) is 12.1 Å². The van der Waals surface area contributed by atoms with Gasteiger partial charge in [-0.2, -0.15) is 5.26 Å². The van der Waals surface area contributed by atoms with Gasteiger partial charge in [0.05, 0.1) is 11.5 Å². The molecule has 0 N–H and O–H groups in total. The van der Waals surface area contributed by atoms with Crippen LogP contribution in [0.15, 0.2) is 24.3 Å². The Balaban J connectivity index is 2.05. The summed E-state index contributed by atoms with van der Waals surface area (Å²) in [6.07, 6.45) is -1.01. The van der Waals surface area contributed by atoms with Gasteiger partial charge in [0.25, 0.3) is 0 Å². The molecule has 1 aliphatic heterocycles. The molecular weight excluding hydrogens is 305 g/mol. The minimum absolute atomic E-state index is 0.255.